The second kappa shape index (κ2) is 8.90. The Bertz CT molecular complexity index is 741. The summed E-state index contributed by atoms with van der Waals surface area (Å²) in [6, 6.07) is 15.6. The van der Waals surface area contributed by atoms with Gasteiger partial charge in [0.05, 0.1) is 6.61 Å². The Morgan fingerprint density at radius 2 is 1.92 bits per heavy atom. The van der Waals surface area contributed by atoms with Crippen molar-refractivity contribution in [2.45, 2.75) is 26.8 Å². The first kappa shape index (κ1) is 17.8. The highest BCUT2D eigenvalue weighted by Gasteiger charge is 2.15. The third-order valence-electron chi connectivity index (χ3n) is 3.83. The minimum absolute atomic E-state index is 0.00608. The molecule has 2 rings (SSSR count). The van der Waals surface area contributed by atoms with Crippen LogP contribution in [-0.2, 0) is 6.54 Å². The van der Waals surface area contributed by atoms with E-state index < -0.39 is 0 Å². The average Bonchev–Trinajstić information content (AvgIpc) is 2.61. The van der Waals surface area contributed by atoms with E-state index in [2.05, 4.69) is 11.8 Å². The van der Waals surface area contributed by atoms with Crippen LogP contribution in [0.4, 0.5) is 0 Å². The monoisotopic (exact) mass is 321 g/mol. The lowest BCUT2D eigenvalue weighted by atomic mass is 10.0. The Kier molecular flexibility index (Phi) is 6.60. The van der Waals surface area contributed by atoms with Gasteiger partial charge < -0.3 is 10.0 Å². The maximum Gasteiger partial charge on any atom is 0.254 e. The molecule has 0 fully saturated rings. The number of benzene rings is 2. The van der Waals surface area contributed by atoms with Crippen molar-refractivity contribution in [3.05, 3.63) is 70.8 Å². The molecule has 0 aliphatic heterocycles. The normalized spacial score (nSPS) is 9.96. The van der Waals surface area contributed by atoms with Gasteiger partial charge in [0.25, 0.3) is 5.91 Å². The molecule has 1 amide bonds. The zero-order valence-corrected chi connectivity index (χ0v) is 14.2. The molecule has 1 N–H and O–H groups in total. The summed E-state index contributed by atoms with van der Waals surface area (Å²) in [6.45, 7) is 5.24. The number of rotatable bonds is 5. The van der Waals surface area contributed by atoms with Crippen molar-refractivity contribution < 1.29 is 9.90 Å². The fraction of sp³-hybridized carbons (Fsp3) is 0.286. The maximum absolute atomic E-state index is 12.8. The molecule has 2 aromatic carbocycles. The van der Waals surface area contributed by atoms with Crippen LogP contribution in [0.25, 0.3) is 0 Å². The van der Waals surface area contributed by atoms with Gasteiger partial charge in [-0.2, -0.15) is 0 Å². The van der Waals surface area contributed by atoms with E-state index >= 15 is 0 Å². The highest BCUT2D eigenvalue weighted by molar-refractivity contribution is 5.94. The largest absolute Gasteiger partial charge is 0.395 e. The predicted molar refractivity (Wildman–Crippen MR) is 96.6 cm³/mol. The maximum atomic E-state index is 12.8. The molecule has 0 aliphatic carbocycles. The molecular weight excluding hydrogens is 298 g/mol. The number of hydrogen-bond donors (Lipinski definition) is 1. The molecule has 0 bridgehead atoms. The van der Waals surface area contributed by atoms with Gasteiger partial charge in [-0.25, -0.2) is 0 Å². The first-order valence-corrected chi connectivity index (χ1v) is 8.19. The van der Waals surface area contributed by atoms with Gasteiger partial charge >= 0.3 is 0 Å². The first-order valence-electron chi connectivity index (χ1n) is 8.19. The highest BCUT2D eigenvalue weighted by atomic mass is 16.2. The third-order valence-corrected chi connectivity index (χ3v) is 3.83. The summed E-state index contributed by atoms with van der Waals surface area (Å²) in [4.78, 5) is 14.6. The second-order valence-corrected chi connectivity index (χ2v) is 5.61. The molecule has 2 aromatic rings. The molecule has 0 saturated heterocycles. The minimum Gasteiger partial charge on any atom is -0.395 e. The van der Waals surface area contributed by atoms with Crippen LogP contribution >= 0.6 is 0 Å². The van der Waals surface area contributed by atoms with Crippen LogP contribution in [0.2, 0.25) is 0 Å². The Hall–Kier alpha value is -2.57. The molecule has 0 saturated carbocycles. The summed E-state index contributed by atoms with van der Waals surface area (Å²) in [5.74, 6) is 5.96. The average molecular weight is 321 g/mol. The standard InChI is InChI=1S/C21H23NO2/c1-3-22(16-18-9-5-4-6-10-18)21(24)20-13-12-17(2)19(15-20)11-7-8-14-23/h4-6,9-10,12-13,15,23H,3,8,14,16H2,1-2H3. The summed E-state index contributed by atoms with van der Waals surface area (Å²) < 4.78 is 0. The quantitative estimate of drug-likeness (QED) is 0.858. The van der Waals surface area contributed by atoms with Crippen molar-refractivity contribution in [1.82, 2.24) is 4.90 Å². The van der Waals surface area contributed by atoms with Crippen molar-refractivity contribution in [3.63, 3.8) is 0 Å². The number of carbonyl (C=O) groups excluding carboxylic acids is 1. The van der Waals surface area contributed by atoms with Gasteiger partial charge in [-0.15, -0.1) is 0 Å². The lowest BCUT2D eigenvalue weighted by Crippen LogP contribution is -2.30. The van der Waals surface area contributed by atoms with Crippen LogP contribution in [-0.4, -0.2) is 29.1 Å². The number of carbonyl (C=O) groups is 1. The molecule has 0 aromatic heterocycles. The zero-order valence-electron chi connectivity index (χ0n) is 14.2. The number of aryl methyl sites for hydroxylation is 1. The molecule has 0 atom stereocenters. The Balaban J connectivity index is 2.21. The number of hydrogen-bond acceptors (Lipinski definition) is 2. The number of aliphatic hydroxyl groups is 1. The van der Waals surface area contributed by atoms with Crippen molar-refractivity contribution in [1.29, 1.82) is 0 Å². The predicted octanol–water partition coefficient (Wildman–Crippen LogP) is 3.39. The van der Waals surface area contributed by atoms with E-state index in [1.807, 2.05) is 67.3 Å². The number of nitrogens with zero attached hydrogens (tertiary/aromatic N) is 1. The van der Waals surface area contributed by atoms with Gasteiger partial charge in [0, 0.05) is 30.6 Å². The molecule has 124 valence electrons. The molecule has 0 aliphatic rings. The molecule has 3 nitrogen and oxygen atoms in total. The van der Waals surface area contributed by atoms with Gasteiger partial charge in [0.1, 0.15) is 0 Å². The van der Waals surface area contributed by atoms with E-state index in [1.165, 1.54) is 0 Å². The lowest BCUT2D eigenvalue weighted by Gasteiger charge is -2.21. The topological polar surface area (TPSA) is 40.5 Å². The van der Waals surface area contributed by atoms with E-state index in [-0.39, 0.29) is 12.5 Å². The van der Waals surface area contributed by atoms with Crippen LogP contribution in [0.1, 0.15) is 40.4 Å². The van der Waals surface area contributed by atoms with Crippen LogP contribution in [0.5, 0.6) is 0 Å². The van der Waals surface area contributed by atoms with Gasteiger partial charge in [0.15, 0.2) is 0 Å². The van der Waals surface area contributed by atoms with E-state index in [4.69, 9.17) is 5.11 Å². The molecule has 3 heteroatoms. The summed E-state index contributed by atoms with van der Waals surface area (Å²) in [6.07, 6.45) is 0.437. The van der Waals surface area contributed by atoms with Crippen LogP contribution in [0, 0.1) is 18.8 Å². The van der Waals surface area contributed by atoms with E-state index in [0.29, 0.717) is 25.1 Å². The van der Waals surface area contributed by atoms with Crippen molar-refractivity contribution in [3.8, 4) is 11.8 Å². The summed E-state index contributed by atoms with van der Waals surface area (Å²) in [5, 5.41) is 8.84. The minimum atomic E-state index is 0.00608. The fourth-order valence-electron chi connectivity index (χ4n) is 2.42. The van der Waals surface area contributed by atoms with Gasteiger partial charge in [-0.3, -0.25) is 4.79 Å². The molecule has 0 radical (unpaired) electrons. The molecular formula is C21H23NO2. The van der Waals surface area contributed by atoms with E-state index in [0.717, 1.165) is 16.7 Å². The second-order valence-electron chi connectivity index (χ2n) is 5.61. The lowest BCUT2D eigenvalue weighted by molar-refractivity contribution is 0.0752. The first-order chi connectivity index (χ1) is 11.7. The molecule has 0 heterocycles. The van der Waals surface area contributed by atoms with Crippen LogP contribution < -0.4 is 0 Å². The van der Waals surface area contributed by atoms with Crippen LogP contribution in [0.3, 0.4) is 0 Å². The smallest absolute Gasteiger partial charge is 0.254 e. The zero-order chi connectivity index (χ0) is 17.4. The molecule has 24 heavy (non-hydrogen) atoms. The van der Waals surface area contributed by atoms with Crippen molar-refractivity contribution in [2.75, 3.05) is 13.2 Å². The number of amides is 1. The summed E-state index contributed by atoms with van der Waals surface area (Å²) in [5.41, 5.74) is 3.63. The Morgan fingerprint density at radius 3 is 2.58 bits per heavy atom. The van der Waals surface area contributed by atoms with Gasteiger partial charge in [-0.1, -0.05) is 48.2 Å². The molecule has 0 unspecified atom stereocenters. The van der Waals surface area contributed by atoms with Crippen LogP contribution in [0.15, 0.2) is 48.5 Å². The SMILES string of the molecule is CCN(Cc1ccccc1)C(=O)c1ccc(C)c(C#CCCO)c1. The van der Waals surface area contributed by atoms with Gasteiger partial charge in [-0.05, 0) is 37.1 Å². The van der Waals surface area contributed by atoms with E-state index in [1.54, 1.807) is 0 Å². The highest BCUT2D eigenvalue weighted by Crippen LogP contribution is 2.14. The number of aliphatic hydroxyl groups excluding tert-OH is 1. The Labute approximate surface area is 143 Å². The Morgan fingerprint density at radius 1 is 1.17 bits per heavy atom. The summed E-state index contributed by atoms with van der Waals surface area (Å²) in [7, 11) is 0. The van der Waals surface area contributed by atoms with E-state index in [9.17, 15) is 4.79 Å². The van der Waals surface area contributed by atoms with Gasteiger partial charge in [0.2, 0.25) is 0 Å². The summed E-state index contributed by atoms with van der Waals surface area (Å²) >= 11 is 0. The fourth-order valence-corrected chi connectivity index (χ4v) is 2.42. The van der Waals surface area contributed by atoms with Crippen molar-refractivity contribution >= 4 is 5.91 Å². The van der Waals surface area contributed by atoms with Crippen molar-refractivity contribution in [2.24, 2.45) is 0 Å². The molecule has 0 spiro atoms. The third kappa shape index (κ3) is 4.71.